The van der Waals surface area contributed by atoms with Crippen LogP contribution >= 0.6 is 0 Å². The molecule has 560 valence electrons. The molecule has 0 spiro atoms. The first kappa shape index (κ1) is 78.1. The molecule has 6 saturated heterocycles. The number of aromatic nitrogens is 9. The Morgan fingerprint density at radius 2 is 0.434 bits per heavy atom. The van der Waals surface area contributed by atoms with Gasteiger partial charge in [-0.3, -0.25) is 29.4 Å². The number of nitrogens with one attached hydrogen (secondary N) is 2. The lowest BCUT2D eigenvalue weighted by Crippen LogP contribution is -2.60. The summed E-state index contributed by atoms with van der Waals surface area (Å²) in [6, 6.07) is 1.51. The predicted octanol–water partition coefficient (Wildman–Crippen LogP) is 12.2. The van der Waals surface area contributed by atoms with Crippen LogP contribution in [0.25, 0.3) is 0 Å². The van der Waals surface area contributed by atoms with Crippen molar-refractivity contribution in [3.05, 3.63) is 0 Å². The Bertz CT molecular complexity index is 2820. The van der Waals surface area contributed by atoms with Gasteiger partial charge in [0.15, 0.2) is 0 Å². The van der Waals surface area contributed by atoms with Gasteiger partial charge in [0.25, 0.3) is 0 Å². The summed E-state index contributed by atoms with van der Waals surface area (Å²) < 4.78 is 41.3. The van der Waals surface area contributed by atoms with Gasteiger partial charge in [0.05, 0.1) is 0 Å². The third kappa shape index (κ3) is 18.3. The van der Waals surface area contributed by atoms with Crippen LogP contribution in [-0.4, -0.2) is 246 Å². The topological polar surface area (TPSA) is 218 Å². The molecule has 9 heterocycles. The summed E-state index contributed by atoms with van der Waals surface area (Å²) in [7, 11) is 13.2. The SMILES string of the molecule is CN1C(C)(C)CC(Oc2nc(NCCCN(CCCNc3nc(OC4CC(C)(C)N(C)C(C)(C)C4)nc(OC4CC(C)(C)N(C)C(C)(C)C4)n3)c3nc(OC4CC(C)(C)N(C)C(C)(C)C4)nc(OC4CC(C)(C)N(C)C(C)(C)C4)n3)nc(OC3CC(C)(C)N(C)C(C)(C)C3)n2)CC1(C)C. The minimum absolute atomic E-state index is 0.111. The van der Waals surface area contributed by atoms with Crippen molar-refractivity contribution in [1.82, 2.24) is 74.3 Å². The lowest BCUT2D eigenvalue weighted by atomic mass is 9.79. The number of likely N-dealkylation sites (tertiary alicyclic amines) is 6. The van der Waals surface area contributed by atoms with E-state index in [2.05, 4.69) is 253 Å². The van der Waals surface area contributed by atoms with Crippen LogP contribution < -0.4 is 44.0 Å². The van der Waals surface area contributed by atoms with Gasteiger partial charge in [0.1, 0.15) is 36.6 Å². The molecule has 24 nitrogen and oxygen atoms in total. The molecule has 3 aromatic rings. The second-order valence-electron chi connectivity index (χ2n) is 38.2. The van der Waals surface area contributed by atoms with Gasteiger partial charge in [-0.05, 0) is 221 Å². The van der Waals surface area contributed by atoms with Crippen LogP contribution in [0.4, 0.5) is 17.8 Å². The van der Waals surface area contributed by atoms with Crippen molar-refractivity contribution < 1.29 is 28.4 Å². The standard InChI is InChI=1S/C75H134N18O6/c1-64(2)37-49(38-65(3,4)87(64)25)94-58-78-55(79-59(84-58)95-50-39-66(5,6)88(26)67(7,8)40-50)76-33-31-35-93(57-82-62(98-53-45-72(17,18)91(29)73(19,20)46-53)86-63(83-57)99-54-47-74(21,22)92(30)75(23,24)48-54)36-32-34-77-56-80-60(96-51-41-68(9,10)89(27)69(11,12)42-51)85-61(81-56)97-52-43-70(13,14)90(28)71(15,16)44-52/h49-54H,31-48H2,1-30H3,(H,76,78,79,84)(H,77,80,81,85). The Balaban J connectivity index is 1.03. The zero-order valence-electron chi connectivity index (χ0n) is 67.3. The maximum atomic E-state index is 7.01. The van der Waals surface area contributed by atoms with Crippen molar-refractivity contribution in [2.75, 3.05) is 84.0 Å². The van der Waals surface area contributed by atoms with Gasteiger partial charge in [-0.1, -0.05) is 0 Å². The molecule has 6 aliphatic heterocycles. The number of anilines is 3. The van der Waals surface area contributed by atoms with Crippen molar-refractivity contribution in [2.45, 2.75) is 359 Å². The highest BCUT2D eigenvalue weighted by Crippen LogP contribution is 2.45. The maximum absolute atomic E-state index is 7.01. The summed E-state index contributed by atoms with van der Waals surface area (Å²) >= 11 is 0. The molecule has 0 saturated carbocycles. The summed E-state index contributed by atoms with van der Waals surface area (Å²) in [5.74, 6) is 1.24. The normalized spacial score (nSPS) is 25.9. The fourth-order valence-corrected chi connectivity index (χ4v) is 17.9. The summed E-state index contributed by atoms with van der Waals surface area (Å²) in [6.07, 6.45) is 10.1. The van der Waals surface area contributed by atoms with E-state index in [1.54, 1.807) is 0 Å². The lowest BCUT2D eigenvalue weighted by molar-refractivity contribution is -0.0617. The first-order chi connectivity index (χ1) is 45.3. The summed E-state index contributed by atoms with van der Waals surface area (Å²) in [5.41, 5.74) is -1.45. The number of hydrogen-bond acceptors (Lipinski definition) is 24. The Kier molecular flexibility index (Phi) is 22.0. The molecule has 2 N–H and O–H groups in total. The van der Waals surface area contributed by atoms with Gasteiger partial charge in [-0.2, -0.15) is 29.9 Å². The lowest BCUT2D eigenvalue weighted by Gasteiger charge is -2.53. The van der Waals surface area contributed by atoms with Crippen molar-refractivity contribution in [2.24, 2.45) is 0 Å². The Labute approximate surface area is 597 Å². The summed E-state index contributed by atoms with van der Waals surface area (Å²) in [6.45, 7) is 56.7. The molecule has 6 aliphatic rings. The Morgan fingerprint density at radius 1 is 0.273 bits per heavy atom. The van der Waals surface area contributed by atoms with Crippen LogP contribution in [0.2, 0.25) is 0 Å². The smallest absolute Gasteiger partial charge is 0.324 e. The fraction of sp³-hybridized carbons (Fsp3) is 0.880. The van der Waals surface area contributed by atoms with E-state index in [1.807, 2.05) is 0 Å². The molecule has 9 rings (SSSR count). The number of piperidine rings is 6. The Hall–Kier alpha value is -5.01. The third-order valence-electron chi connectivity index (χ3n) is 25.1. The van der Waals surface area contributed by atoms with E-state index in [-0.39, 0.29) is 139 Å². The van der Waals surface area contributed by atoms with Gasteiger partial charge in [-0.25, -0.2) is 0 Å². The van der Waals surface area contributed by atoms with E-state index >= 15 is 0 Å². The van der Waals surface area contributed by atoms with Gasteiger partial charge in [-0.15, -0.1) is 15.0 Å². The van der Waals surface area contributed by atoms with Crippen LogP contribution in [0, 0.1) is 0 Å². The molecule has 3 aromatic heterocycles. The summed E-state index contributed by atoms with van der Waals surface area (Å²) in [5, 5.41) is 7.19. The molecule has 24 heteroatoms. The van der Waals surface area contributed by atoms with E-state index in [9.17, 15) is 0 Å². The quantitative estimate of drug-likeness (QED) is 0.0843. The van der Waals surface area contributed by atoms with E-state index < -0.39 is 0 Å². The zero-order valence-corrected chi connectivity index (χ0v) is 67.3. The van der Waals surface area contributed by atoms with Crippen LogP contribution in [0.5, 0.6) is 36.1 Å². The Morgan fingerprint density at radius 3 is 0.606 bits per heavy atom. The van der Waals surface area contributed by atoms with E-state index in [0.717, 1.165) is 77.0 Å². The molecule has 0 aromatic carbocycles. The molecule has 0 radical (unpaired) electrons. The minimum atomic E-state index is -0.159. The van der Waals surface area contributed by atoms with Gasteiger partial charge < -0.3 is 44.0 Å². The third-order valence-corrected chi connectivity index (χ3v) is 25.1. The highest BCUT2D eigenvalue weighted by atomic mass is 16.5. The van der Waals surface area contributed by atoms with Crippen LogP contribution in [0.15, 0.2) is 0 Å². The van der Waals surface area contributed by atoms with Gasteiger partial charge in [0, 0.05) is 170 Å². The molecule has 6 fully saturated rings. The van der Waals surface area contributed by atoms with Crippen LogP contribution in [-0.2, 0) is 0 Å². The van der Waals surface area contributed by atoms with E-state index in [4.69, 9.17) is 73.3 Å². The summed E-state index contributed by atoms with van der Waals surface area (Å²) in [4.78, 5) is 62.2. The van der Waals surface area contributed by atoms with Gasteiger partial charge >= 0.3 is 36.1 Å². The number of ether oxygens (including phenoxy) is 6. The van der Waals surface area contributed by atoms with Gasteiger partial charge in [0.2, 0.25) is 17.8 Å². The average Bonchev–Trinajstić information content (AvgIpc) is 0.804. The fourth-order valence-electron chi connectivity index (χ4n) is 17.9. The number of rotatable bonds is 23. The predicted molar refractivity (Wildman–Crippen MR) is 395 cm³/mol. The van der Waals surface area contributed by atoms with Crippen molar-refractivity contribution in [1.29, 1.82) is 0 Å². The van der Waals surface area contributed by atoms with Crippen molar-refractivity contribution in [3.63, 3.8) is 0 Å². The molecular weight excluding hydrogens is 1250 g/mol. The maximum Gasteiger partial charge on any atom is 0.324 e. The van der Waals surface area contributed by atoms with Crippen LogP contribution in [0.3, 0.4) is 0 Å². The highest BCUT2D eigenvalue weighted by Gasteiger charge is 2.50. The van der Waals surface area contributed by atoms with Crippen molar-refractivity contribution in [3.8, 4) is 36.1 Å². The first-order valence-corrected chi connectivity index (χ1v) is 37.2. The second-order valence-corrected chi connectivity index (χ2v) is 38.2. The van der Waals surface area contributed by atoms with Crippen molar-refractivity contribution >= 4 is 17.8 Å². The number of nitrogens with zero attached hydrogens (tertiary/aromatic N) is 16. The second kappa shape index (κ2) is 27.9. The number of hydrogen-bond donors (Lipinski definition) is 2. The zero-order chi connectivity index (χ0) is 73.5. The van der Waals surface area contributed by atoms with E-state index in [0.29, 0.717) is 56.9 Å². The molecule has 0 bridgehead atoms. The minimum Gasteiger partial charge on any atom is -0.460 e. The highest BCUT2D eigenvalue weighted by molar-refractivity contribution is 5.34. The average molecular weight is 1380 g/mol. The molecule has 0 unspecified atom stereocenters. The molecular formula is C75H134N18O6. The largest absolute Gasteiger partial charge is 0.460 e. The molecule has 0 aliphatic carbocycles. The van der Waals surface area contributed by atoms with Crippen LogP contribution in [0.1, 0.15) is 256 Å². The van der Waals surface area contributed by atoms with E-state index in [1.165, 1.54) is 0 Å². The molecule has 0 amide bonds. The monoisotopic (exact) mass is 1380 g/mol. The first-order valence-electron chi connectivity index (χ1n) is 37.2. The molecule has 0 atom stereocenters. The molecule has 99 heavy (non-hydrogen) atoms.